The van der Waals surface area contributed by atoms with E-state index in [0.29, 0.717) is 17.8 Å². The highest BCUT2D eigenvalue weighted by Gasteiger charge is 2.13. The van der Waals surface area contributed by atoms with E-state index in [1.807, 2.05) is 13.1 Å². The third-order valence-electron chi connectivity index (χ3n) is 3.06. The Morgan fingerprint density at radius 1 is 1.40 bits per heavy atom. The standard InChI is InChI=1S/C14H19N5O/c1-18(2)14(20)12-5-4-10(15)8-13(12)16-9-11-6-7-17-19(11)3/h4-8,16H,9,15H2,1-3H3. The molecular formula is C14H19N5O. The van der Waals surface area contributed by atoms with Gasteiger partial charge in [-0.1, -0.05) is 0 Å². The van der Waals surface area contributed by atoms with Gasteiger partial charge in [-0.05, 0) is 24.3 Å². The summed E-state index contributed by atoms with van der Waals surface area (Å²) in [7, 11) is 5.33. The van der Waals surface area contributed by atoms with E-state index in [0.717, 1.165) is 11.4 Å². The van der Waals surface area contributed by atoms with Crippen LogP contribution in [0, 0.1) is 0 Å². The largest absolute Gasteiger partial charge is 0.399 e. The fraction of sp³-hybridized carbons (Fsp3) is 0.286. The summed E-state index contributed by atoms with van der Waals surface area (Å²) in [6.45, 7) is 0.577. The average Bonchev–Trinajstić information content (AvgIpc) is 2.81. The average molecular weight is 273 g/mol. The number of anilines is 2. The number of aryl methyl sites for hydroxylation is 1. The first kappa shape index (κ1) is 13.9. The van der Waals surface area contributed by atoms with Crippen molar-refractivity contribution >= 4 is 17.3 Å². The van der Waals surface area contributed by atoms with E-state index in [1.165, 1.54) is 0 Å². The molecule has 1 amide bonds. The number of benzene rings is 1. The normalized spacial score (nSPS) is 10.3. The van der Waals surface area contributed by atoms with Crippen molar-refractivity contribution in [3.8, 4) is 0 Å². The molecule has 2 aromatic rings. The van der Waals surface area contributed by atoms with E-state index < -0.39 is 0 Å². The molecule has 0 aliphatic rings. The third kappa shape index (κ3) is 2.90. The second-order valence-electron chi connectivity index (χ2n) is 4.80. The summed E-state index contributed by atoms with van der Waals surface area (Å²) in [6, 6.07) is 7.16. The van der Waals surface area contributed by atoms with E-state index in [2.05, 4.69) is 10.4 Å². The predicted octanol–water partition coefficient (Wildman–Crippen LogP) is 1.32. The van der Waals surface area contributed by atoms with Crippen molar-refractivity contribution in [3.05, 3.63) is 41.7 Å². The molecule has 1 aromatic heterocycles. The van der Waals surface area contributed by atoms with Crippen molar-refractivity contribution in [1.82, 2.24) is 14.7 Å². The summed E-state index contributed by atoms with van der Waals surface area (Å²) in [6.07, 6.45) is 1.74. The van der Waals surface area contributed by atoms with Crippen LogP contribution in [0.5, 0.6) is 0 Å². The van der Waals surface area contributed by atoms with Crippen molar-refractivity contribution in [2.45, 2.75) is 6.54 Å². The molecule has 0 atom stereocenters. The van der Waals surface area contributed by atoms with Crippen LogP contribution in [0.15, 0.2) is 30.5 Å². The number of nitrogen functional groups attached to an aromatic ring is 1. The van der Waals surface area contributed by atoms with Gasteiger partial charge < -0.3 is 16.0 Å². The van der Waals surface area contributed by atoms with E-state index in [-0.39, 0.29) is 5.91 Å². The molecule has 0 fully saturated rings. The van der Waals surface area contributed by atoms with Crippen LogP contribution in [0.4, 0.5) is 11.4 Å². The maximum absolute atomic E-state index is 12.1. The molecule has 3 N–H and O–H groups in total. The van der Waals surface area contributed by atoms with Gasteiger partial charge in [0, 0.05) is 38.7 Å². The number of rotatable bonds is 4. The predicted molar refractivity (Wildman–Crippen MR) is 79.4 cm³/mol. The number of carbonyl (C=O) groups excluding carboxylic acids is 1. The molecule has 1 aromatic carbocycles. The number of hydrogen-bond acceptors (Lipinski definition) is 4. The minimum absolute atomic E-state index is 0.0579. The van der Waals surface area contributed by atoms with Crippen LogP contribution >= 0.6 is 0 Å². The number of amides is 1. The van der Waals surface area contributed by atoms with Gasteiger partial charge in [-0.3, -0.25) is 9.48 Å². The Morgan fingerprint density at radius 2 is 2.15 bits per heavy atom. The van der Waals surface area contributed by atoms with Crippen molar-refractivity contribution in [2.24, 2.45) is 7.05 Å². The van der Waals surface area contributed by atoms with Crippen LogP contribution in [-0.4, -0.2) is 34.7 Å². The lowest BCUT2D eigenvalue weighted by atomic mass is 10.1. The second kappa shape index (κ2) is 5.64. The summed E-state index contributed by atoms with van der Waals surface area (Å²) in [4.78, 5) is 13.7. The molecule has 106 valence electrons. The minimum atomic E-state index is -0.0579. The highest BCUT2D eigenvalue weighted by atomic mass is 16.2. The fourth-order valence-electron chi connectivity index (χ4n) is 1.90. The van der Waals surface area contributed by atoms with Gasteiger partial charge in [0.05, 0.1) is 17.8 Å². The van der Waals surface area contributed by atoms with Crippen molar-refractivity contribution in [2.75, 3.05) is 25.1 Å². The Hall–Kier alpha value is -2.50. The molecule has 0 aliphatic heterocycles. The van der Waals surface area contributed by atoms with E-state index in [1.54, 1.807) is 48.1 Å². The van der Waals surface area contributed by atoms with Crippen molar-refractivity contribution < 1.29 is 4.79 Å². The smallest absolute Gasteiger partial charge is 0.255 e. The quantitative estimate of drug-likeness (QED) is 0.824. The highest BCUT2D eigenvalue weighted by Crippen LogP contribution is 2.21. The first-order chi connectivity index (χ1) is 9.49. The number of nitrogens with zero attached hydrogens (tertiary/aromatic N) is 3. The summed E-state index contributed by atoms with van der Waals surface area (Å²) >= 11 is 0. The maximum atomic E-state index is 12.1. The maximum Gasteiger partial charge on any atom is 0.255 e. The van der Waals surface area contributed by atoms with E-state index in [4.69, 9.17) is 5.73 Å². The van der Waals surface area contributed by atoms with Gasteiger partial charge in [0.25, 0.3) is 5.91 Å². The molecule has 6 heteroatoms. The topological polar surface area (TPSA) is 76.2 Å². The van der Waals surface area contributed by atoms with Crippen LogP contribution in [-0.2, 0) is 13.6 Å². The molecule has 0 unspecified atom stereocenters. The summed E-state index contributed by atoms with van der Waals surface area (Å²) in [5.41, 5.74) is 8.77. The van der Waals surface area contributed by atoms with Gasteiger partial charge in [-0.2, -0.15) is 5.10 Å². The van der Waals surface area contributed by atoms with Gasteiger partial charge in [-0.25, -0.2) is 0 Å². The zero-order chi connectivity index (χ0) is 14.7. The second-order valence-corrected chi connectivity index (χ2v) is 4.80. The highest BCUT2D eigenvalue weighted by molar-refractivity contribution is 5.99. The molecule has 0 spiro atoms. The molecule has 0 radical (unpaired) electrons. The number of nitrogens with one attached hydrogen (secondary N) is 1. The lowest BCUT2D eigenvalue weighted by Crippen LogP contribution is -2.23. The number of aromatic nitrogens is 2. The van der Waals surface area contributed by atoms with Crippen LogP contribution < -0.4 is 11.1 Å². The van der Waals surface area contributed by atoms with Crippen LogP contribution in [0.1, 0.15) is 16.1 Å². The number of carbonyl (C=O) groups is 1. The van der Waals surface area contributed by atoms with E-state index >= 15 is 0 Å². The zero-order valence-electron chi connectivity index (χ0n) is 11.9. The Balaban J connectivity index is 2.24. The molecule has 6 nitrogen and oxygen atoms in total. The van der Waals surface area contributed by atoms with Crippen LogP contribution in [0.2, 0.25) is 0 Å². The summed E-state index contributed by atoms with van der Waals surface area (Å²) < 4.78 is 1.78. The van der Waals surface area contributed by atoms with Gasteiger partial charge in [-0.15, -0.1) is 0 Å². The summed E-state index contributed by atoms with van der Waals surface area (Å²) in [5, 5.41) is 7.35. The Labute approximate surface area is 118 Å². The first-order valence-electron chi connectivity index (χ1n) is 6.31. The van der Waals surface area contributed by atoms with Crippen molar-refractivity contribution in [3.63, 3.8) is 0 Å². The van der Waals surface area contributed by atoms with Crippen molar-refractivity contribution in [1.29, 1.82) is 0 Å². The van der Waals surface area contributed by atoms with Gasteiger partial charge in [0.15, 0.2) is 0 Å². The Kier molecular flexibility index (Phi) is 3.93. The molecule has 0 saturated heterocycles. The fourth-order valence-corrected chi connectivity index (χ4v) is 1.90. The molecule has 0 aliphatic carbocycles. The van der Waals surface area contributed by atoms with Gasteiger partial charge in [0.1, 0.15) is 0 Å². The third-order valence-corrected chi connectivity index (χ3v) is 3.06. The number of nitrogens with two attached hydrogens (primary N) is 1. The van der Waals surface area contributed by atoms with Gasteiger partial charge >= 0.3 is 0 Å². The molecule has 20 heavy (non-hydrogen) atoms. The molecule has 0 saturated carbocycles. The SMILES string of the molecule is CN(C)C(=O)c1ccc(N)cc1NCc1ccnn1C. The zero-order valence-corrected chi connectivity index (χ0v) is 11.9. The van der Waals surface area contributed by atoms with Crippen LogP contribution in [0.3, 0.4) is 0 Å². The van der Waals surface area contributed by atoms with Gasteiger partial charge in [0.2, 0.25) is 0 Å². The first-order valence-corrected chi connectivity index (χ1v) is 6.31. The molecule has 1 heterocycles. The monoisotopic (exact) mass is 273 g/mol. The van der Waals surface area contributed by atoms with Crippen LogP contribution in [0.25, 0.3) is 0 Å². The Morgan fingerprint density at radius 3 is 2.75 bits per heavy atom. The molecule has 2 rings (SSSR count). The van der Waals surface area contributed by atoms with E-state index in [9.17, 15) is 4.79 Å². The lowest BCUT2D eigenvalue weighted by Gasteiger charge is -2.16. The number of hydrogen-bond donors (Lipinski definition) is 2. The summed E-state index contributed by atoms with van der Waals surface area (Å²) in [5.74, 6) is -0.0579. The Bertz CT molecular complexity index is 618. The molecule has 0 bridgehead atoms. The minimum Gasteiger partial charge on any atom is -0.399 e. The lowest BCUT2D eigenvalue weighted by molar-refractivity contribution is 0.0828. The molecular weight excluding hydrogens is 254 g/mol.